The molecule has 0 atom stereocenters. The third-order valence-electron chi connectivity index (χ3n) is 2.27. The van der Waals surface area contributed by atoms with Crippen molar-refractivity contribution in [2.24, 2.45) is 0 Å². The molecule has 0 bridgehead atoms. The summed E-state index contributed by atoms with van der Waals surface area (Å²) in [7, 11) is 1.96. The van der Waals surface area contributed by atoms with Gasteiger partial charge in [-0.25, -0.2) is 0 Å². The summed E-state index contributed by atoms with van der Waals surface area (Å²) in [6, 6.07) is 6.39. The predicted octanol–water partition coefficient (Wildman–Crippen LogP) is 3.32. The van der Waals surface area contributed by atoms with E-state index in [1.165, 1.54) is 15.6 Å². The fourth-order valence-corrected chi connectivity index (χ4v) is 2.62. The van der Waals surface area contributed by atoms with Crippen molar-refractivity contribution in [2.75, 3.05) is 13.6 Å². The van der Waals surface area contributed by atoms with Crippen molar-refractivity contribution in [2.45, 2.75) is 6.42 Å². The van der Waals surface area contributed by atoms with E-state index in [0.717, 1.165) is 18.0 Å². The standard InChI is InChI=1S/C11H12ClNS/c1-13-4-2-8-6-9-3-5-14-11(9)7-10(8)12/h3,5-7,13H,2,4H2,1H3. The molecule has 2 aromatic rings. The summed E-state index contributed by atoms with van der Waals surface area (Å²) in [5, 5.41) is 7.41. The summed E-state index contributed by atoms with van der Waals surface area (Å²) in [6.07, 6.45) is 0.987. The van der Waals surface area contributed by atoms with Gasteiger partial charge in [-0.15, -0.1) is 11.3 Å². The van der Waals surface area contributed by atoms with Crippen LogP contribution in [0.4, 0.5) is 0 Å². The van der Waals surface area contributed by atoms with Gasteiger partial charge < -0.3 is 5.32 Å². The first-order valence-electron chi connectivity index (χ1n) is 4.61. The molecule has 0 unspecified atom stereocenters. The lowest BCUT2D eigenvalue weighted by molar-refractivity contribution is 0.792. The second kappa shape index (κ2) is 4.30. The molecule has 0 saturated carbocycles. The first-order valence-corrected chi connectivity index (χ1v) is 5.87. The largest absolute Gasteiger partial charge is 0.319 e. The van der Waals surface area contributed by atoms with Crippen molar-refractivity contribution < 1.29 is 0 Å². The number of nitrogens with one attached hydrogen (secondary N) is 1. The topological polar surface area (TPSA) is 12.0 Å². The van der Waals surface area contributed by atoms with Crippen LogP contribution < -0.4 is 5.32 Å². The van der Waals surface area contributed by atoms with Crippen molar-refractivity contribution in [1.29, 1.82) is 0 Å². The molecule has 0 fully saturated rings. The molecule has 0 spiro atoms. The van der Waals surface area contributed by atoms with E-state index in [1.54, 1.807) is 11.3 Å². The zero-order valence-corrected chi connectivity index (χ0v) is 9.58. The van der Waals surface area contributed by atoms with Gasteiger partial charge in [-0.1, -0.05) is 11.6 Å². The SMILES string of the molecule is CNCCc1cc2ccsc2cc1Cl. The van der Waals surface area contributed by atoms with E-state index in [2.05, 4.69) is 28.9 Å². The average Bonchev–Trinajstić information content (AvgIpc) is 2.61. The van der Waals surface area contributed by atoms with Gasteiger partial charge in [0.05, 0.1) is 0 Å². The van der Waals surface area contributed by atoms with Gasteiger partial charge in [-0.3, -0.25) is 0 Å². The van der Waals surface area contributed by atoms with Crippen LogP contribution in [0.1, 0.15) is 5.56 Å². The van der Waals surface area contributed by atoms with E-state index >= 15 is 0 Å². The molecule has 14 heavy (non-hydrogen) atoms. The Morgan fingerprint density at radius 3 is 3.07 bits per heavy atom. The first-order chi connectivity index (χ1) is 6.81. The van der Waals surface area contributed by atoms with Crippen LogP contribution in [0.15, 0.2) is 23.6 Å². The summed E-state index contributed by atoms with van der Waals surface area (Å²) in [6.45, 7) is 0.968. The number of hydrogen-bond acceptors (Lipinski definition) is 2. The Kier molecular flexibility index (Phi) is 3.06. The molecule has 0 saturated heterocycles. The Hall–Kier alpha value is -0.570. The van der Waals surface area contributed by atoms with Crippen LogP contribution in [0.5, 0.6) is 0 Å². The van der Waals surface area contributed by atoms with E-state index in [1.807, 2.05) is 7.05 Å². The summed E-state index contributed by atoms with van der Waals surface area (Å²) >= 11 is 7.91. The normalized spacial score (nSPS) is 11.0. The van der Waals surface area contributed by atoms with Gasteiger partial charge in [0.15, 0.2) is 0 Å². The summed E-state index contributed by atoms with van der Waals surface area (Å²) in [4.78, 5) is 0. The molecule has 1 N–H and O–H groups in total. The zero-order chi connectivity index (χ0) is 9.97. The van der Waals surface area contributed by atoms with Crippen LogP contribution in [0.25, 0.3) is 10.1 Å². The molecule has 0 amide bonds. The highest BCUT2D eigenvalue weighted by molar-refractivity contribution is 7.17. The van der Waals surface area contributed by atoms with Crippen LogP contribution in [-0.4, -0.2) is 13.6 Å². The highest BCUT2D eigenvalue weighted by Gasteiger charge is 2.03. The minimum absolute atomic E-state index is 0.884. The molecule has 74 valence electrons. The third kappa shape index (κ3) is 1.92. The lowest BCUT2D eigenvalue weighted by atomic mass is 10.1. The Labute approximate surface area is 92.7 Å². The van der Waals surface area contributed by atoms with Crippen LogP contribution >= 0.6 is 22.9 Å². The fraction of sp³-hybridized carbons (Fsp3) is 0.273. The van der Waals surface area contributed by atoms with Crippen LogP contribution in [0.2, 0.25) is 5.02 Å². The Bertz CT molecular complexity index is 436. The molecule has 1 aromatic heterocycles. The summed E-state index contributed by atoms with van der Waals surface area (Å²) in [5.41, 5.74) is 1.23. The fourth-order valence-electron chi connectivity index (χ4n) is 1.48. The smallest absolute Gasteiger partial charge is 0.0452 e. The maximum atomic E-state index is 6.17. The van der Waals surface area contributed by atoms with Gasteiger partial charge in [0.25, 0.3) is 0 Å². The molecule has 0 aliphatic rings. The number of benzene rings is 1. The van der Waals surface area contributed by atoms with Gasteiger partial charge >= 0.3 is 0 Å². The van der Waals surface area contributed by atoms with E-state index in [-0.39, 0.29) is 0 Å². The van der Waals surface area contributed by atoms with Crippen molar-refractivity contribution in [3.8, 4) is 0 Å². The van der Waals surface area contributed by atoms with Gasteiger partial charge in [0.2, 0.25) is 0 Å². The number of halogens is 1. The lowest BCUT2D eigenvalue weighted by Crippen LogP contribution is -2.10. The minimum Gasteiger partial charge on any atom is -0.319 e. The number of likely N-dealkylation sites (N-methyl/N-ethyl adjacent to an activating group) is 1. The number of hydrogen-bond donors (Lipinski definition) is 1. The molecular weight excluding hydrogens is 214 g/mol. The first kappa shape index (κ1) is 9.97. The quantitative estimate of drug-likeness (QED) is 0.845. The molecule has 3 heteroatoms. The van der Waals surface area contributed by atoms with Crippen LogP contribution in [0, 0.1) is 0 Å². The molecule has 1 nitrogen and oxygen atoms in total. The van der Waals surface area contributed by atoms with Crippen LogP contribution in [-0.2, 0) is 6.42 Å². The molecule has 0 aliphatic heterocycles. The maximum Gasteiger partial charge on any atom is 0.0452 e. The number of thiophene rings is 1. The minimum atomic E-state index is 0.884. The van der Waals surface area contributed by atoms with E-state index in [9.17, 15) is 0 Å². The van der Waals surface area contributed by atoms with E-state index in [0.29, 0.717) is 0 Å². The van der Waals surface area contributed by atoms with Crippen molar-refractivity contribution in [1.82, 2.24) is 5.32 Å². The Balaban J connectivity index is 2.38. The Morgan fingerprint density at radius 2 is 2.29 bits per heavy atom. The highest BCUT2D eigenvalue weighted by Crippen LogP contribution is 2.27. The van der Waals surface area contributed by atoms with Gasteiger partial charge in [0, 0.05) is 9.72 Å². The van der Waals surface area contributed by atoms with Gasteiger partial charge in [-0.05, 0) is 54.5 Å². The summed E-state index contributed by atoms with van der Waals surface area (Å²) < 4.78 is 1.27. The van der Waals surface area contributed by atoms with E-state index in [4.69, 9.17) is 11.6 Å². The summed E-state index contributed by atoms with van der Waals surface area (Å²) in [5.74, 6) is 0. The number of fused-ring (bicyclic) bond motifs is 1. The maximum absolute atomic E-state index is 6.17. The van der Waals surface area contributed by atoms with Crippen molar-refractivity contribution in [3.63, 3.8) is 0 Å². The molecule has 1 aromatic carbocycles. The molecule has 1 heterocycles. The van der Waals surface area contributed by atoms with Gasteiger partial charge in [-0.2, -0.15) is 0 Å². The third-order valence-corrected chi connectivity index (χ3v) is 3.50. The highest BCUT2D eigenvalue weighted by atomic mass is 35.5. The molecule has 2 rings (SSSR count). The molecular formula is C11H12ClNS. The van der Waals surface area contributed by atoms with Crippen molar-refractivity contribution >= 4 is 33.0 Å². The average molecular weight is 226 g/mol. The number of rotatable bonds is 3. The predicted molar refractivity (Wildman–Crippen MR) is 64.5 cm³/mol. The molecule has 0 aliphatic carbocycles. The lowest BCUT2D eigenvalue weighted by Gasteiger charge is -2.03. The van der Waals surface area contributed by atoms with Crippen molar-refractivity contribution in [3.05, 3.63) is 34.2 Å². The Morgan fingerprint density at radius 1 is 1.43 bits per heavy atom. The van der Waals surface area contributed by atoms with Crippen LogP contribution in [0.3, 0.4) is 0 Å². The monoisotopic (exact) mass is 225 g/mol. The van der Waals surface area contributed by atoms with Gasteiger partial charge in [0.1, 0.15) is 0 Å². The zero-order valence-electron chi connectivity index (χ0n) is 8.01. The second-order valence-corrected chi connectivity index (χ2v) is 4.61. The molecule has 0 radical (unpaired) electrons. The van der Waals surface area contributed by atoms with E-state index < -0.39 is 0 Å². The second-order valence-electron chi connectivity index (χ2n) is 3.26.